The molecule has 0 bridgehead atoms. The van der Waals surface area contributed by atoms with Crippen LogP contribution in [0, 0.1) is 0 Å². The zero-order chi connectivity index (χ0) is 24.6. The number of aromatic nitrogens is 1. The molecular weight excluding hydrogens is 476 g/mol. The highest BCUT2D eigenvalue weighted by molar-refractivity contribution is 7.13. The summed E-state index contributed by atoms with van der Waals surface area (Å²) >= 11 is 1.32. The molecule has 0 N–H and O–H groups in total. The molecule has 8 heteroatoms. The molecule has 5 aromatic rings. The van der Waals surface area contributed by atoms with Gasteiger partial charge in [0.05, 0.1) is 24.1 Å². The number of anilines is 1. The molecule has 0 fully saturated rings. The van der Waals surface area contributed by atoms with Gasteiger partial charge in [-0.2, -0.15) is 0 Å². The fourth-order valence-corrected chi connectivity index (χ4v) is 5.14. The Morgan fingerprint density at radius 1 is 1.00 bits per heavy atom. The topological polar surface area (TPSA) is 81.9 Å². The summed E-state index contributed by atoms with van der Waals surface area (Å²) < 4.78 is 17.6. The molecule has 0 unspecified atom stereocenters. The Morgan fingerprint density at radius 3 is 2.58 bits per heavy atom. The molecule has 3 aromatic carbocycles. The SMILES string of the molecule is COc1cc([C@@H]2c3c(oc4ccccc4c3=O)C(=O)N2c2nccs2)ccc1OCc1ccccc1. The van der Waals surface area contributed by atoms with E-state index in [0.29, 0.717) is 39.8 Å². The van der Waals surface area contributed by atoms with Crippen LogP contribution in [0.15, 0.2) is 93.6 Å². The smallest absolute Gasteiger partial charge is 0.297 e. The molecule has 1 aliphatic rings. The minimum atomic E-state index is -0.725. The third-order valence-corrected chi connectivity index (χ3v) is 6.91. The van der Waals surface area contributed by atoms with Gasteiger partial charge in [-0.25, -0.2) is 4.98 Å². The van der Waals surface area contributed by atoms with Crippen LogP contribution < -0.4 is 19.8 Å². The molecule has 1 aliphatic heterocycles. The van der Waals surface area contributed by atoms with Gasteiger partial charge >= 0.3 is 0 Å². The van der Waals surface area contributed by atoms with E-state index >= 15 is 0 Å². The summed E-state index contributed by atoms with van der Waals surface area (Å²) in [6.45, 7) is 0.377. The highest BCUT2D eigenvalue weighted by Crippen LogP contribution is 2.43. The number of fused-ring (bicyclic) bond motifs is 2. The van der Waals surface area contributed by atoms with Crippen molar-refractivity contribution < 1.29 is 18.7 Å². The van der Waals surface area contributed by atoms with E-state index in [0.717, 1.165) is 5.56 Å². The van der Waals surface area contributed by atoms with E-state index in [1.165, 1.54) is 16.2 Å². The summed E-state index contributed by atoms with van der Waals surface area (Å²) in [7, 11) is 1.56. The maximum absolute atomic E-state index is 13.6. The van der Waals surface area contributed by atoms with Crippen LogP contribution >= 0.6 is 11.3 Å². The Hall–Kier alpha value is -4.43. The van der Waals surface area contributed by atoms with Crippen molar-refractivity contribution in [2.45, 2.75) is 12.6 Å². The van der Waals surface area contributed by atoms with Gasteiger partial charge in [0.2, 0.25) is 5.76 Å². The number of methoxy groups -OCH3 is 1. The molecule has 1 atom stereocenters. The monoisotopic (exact) mass is 496 g/mol. The minimum absolute atomic E-state index is 0.0299. The first-order valence-corrected chi connectivity index (χ1v) is 12.2. The third-order valence-electron chi connectivity index (χ3n) is 6.14. The number of amides is 1. The molecule has 178 valence electrons. The second-order valence-electron chi connectivity index (χ2n) is 8.25. The van der Waals surface area contributed by atoms with E-state index in [4.69, 9.17) is 13.9 Å². The number of para-hydroxylation sites is 1. The Balaban J connectivity index is 1.47. The summed E-state index contributed by atoms with van der Waals surface area (Å²) in [4.78, 5) is 33.1. The Bertz CT molecular complexity index is 1630. The van der Waals surface area contributed by atoms with Gasteiger partial charge in [0, 0.05) is 11.6 Å². The van der Waals surface area contributed by atoms with Crippen molar-refractivity contribution in [1.82, 2.24) is 4.98 Å². The van der Waals surface area contributed by atoms with E-state index in [2.05, 4.69) is 4.98 Å². The van der Waals surface area contributed by atoms with Gasteiger partial charge in [-0.1, -0.05) is 48.5 Å². The number of carbonyl (C=O) groups is 1. The zero-order valence-corrected chi connectivity index (χ0v) is 20.0. The van der Waals surface area contributed by atoms with Crippen LogP contribution in [-0.2, 0) is 6.61 Å². The molecule has 1 amide bonds. The first kappa shape index (κ1) is 22.1. The maximum Gasteiger partial charge on any atom is 0.297 e. The van der Waals surface area contributed by atoms with Crippen molar-refractivity contribution in [2.24, 2.45) is 0 Å². The Labute approximate surface area is 210 Å². The predicted octanol–water partition coefficient (Wildman–Crippen LogP) is 5.59. The first-order chi connectivity index (χ1) is 17.7. The average Bonchev–Trinajstić information content (AvgIpc) is 3.55. The Kier molecular flexibility index (Phi) is 5.50. The molecule has 3 heterocycles. The molecule has 0 spiro atoms. The van der Waals surface area contributed by atoms with Gasteiger partial charge in [0.25, 0.3) is 5.91 Å². The molecule has 0 saturated heterocycles. The highest BCUT2D eigenvalue weighted by Gasteiger charge is 2.45. The second-order valence-corrected chi connectivity index (χ2v) is 9.12. The van der Waals surface area contributed by atoms with Crippen molar-refractivity contribution in [2.75, 3.05) is 12.0 Å². The van der Waals surface area contributed by atoms with E-state index < -0.39 is 11.9 Å². The third kappa shape index (κ3) is 3.63. The lowest BCUT2D eigenvalue weighted by Crippen LogP contribution is -2.29. The van der Waals surface area contributed by atoms with E-state index in [1.807, 2.05) is 36.4 Å². The summed E-state index contributed by atoms with van der Waals surface area (Å²) in [6.07, 6.45) is 1.63. The molecule has 0 radical (unpaired) electrons. The first-order valence-electron chi connectivity index (χ1n) is 11.3. The number of nitrogens with zero attached hydrogens (tertiary/aromatic N) is 2. The normalized spacial score (nSPS) is 14.8. The quantitative estimate of drug-likeness (QED) is 0.305. The fraction of sp³-hybridized carbons (Fsp3) is 0.107. The molecular formula is C28H20N2O5S. The number of carbonyl (C=O) groups excluding carboxylic acids is 1. The van der Waals surface area contributed by atoms with Gasteiger partial charge in [-0.3, -0.25) is 14.5 Å². The van der Waals surface area contributed by atoms with Crippen molar-refractivity contribution in [3.05, 3.63) is 117 Å². The van der Waals surface area contributed by atoms with Crippen molar-refractivity contribution in [3.8, 4) is 11.5 Å². The number of rotatable bonds is 6. The Morgan fingerprint density at radius 2 is 1.81 bits per heavy atom. The summed E-state index contributed by atoms with van der Waals surface area (Å²) in [5.41, 5.74) is 2.13. The minimum Gasteiger partial charge on any atom is -0.493 e. The van der Waals surface area contributed by atoms with E-state index in [1.54, 1.807) is 55.1 Å². The van der Waals surface area contributed by atoms with Crippen LogP contribution in [0.4, 0.5) is 5.13 Å². The van der Waals surface area contributed by atoms with Gasteiger partial charge in [0.1, 0.15) is 12.2 Å². The zero-order valence-electron chi connectivity index (χ0n) is 19.2. The van der Waals surface area contributed by atoms with Gasteiger partial charge in [-0.05, 0) is 35.4 Å². The second kappa shape index (κ2) is 8.98. The highest BCUT2D eigenvalue weighted by atomic mass is 32.1. The van der Waals surface area contributed by atoms with Crippen molar-refractivity contribution >= 4 is 33.3 Å². The average molecular weight is 497 g/mol. The molecule has 2 aromatic heterocycles. The van der Waals surface area contributed by atoms with E-state index in [-0.39, 0.29) is 16.8 Å². The van der Waals surface area contributed by atoms with Crippen molar-refractivity contribution in [3.63, 3.8) is 0 Å². The van der Waals surface area contributed by atoms with Gasteiger partial charge < -0.3 is 13.9 Å². The summed E-state index contributed by atoms with van der Waals surface area (Å²) in [6, 6.07) is 21.5. The summed E-state index contributed by atoms with van der Waals surface area (Å²) in [5.74, 6) is 0.674. The lowest BCUT2D eigenvalue weighted by molar-refractivity contribution is 0.0971. The molecule has 0 aliphatic carbocycles. The fourth-order valence-electron chi connectivity index (χ4n) is 4.48. The maximum atomic E-state index is 13.6. The number of benzene rings is 3. The summed E-state index contributed by atoms with van der Waals surface area (Å²) in [5, 5.41) is 2.68. The van der Waals surface area contributed by atoms with Crippen LogP contribution in [0.25, 0.3) is 11.0 Å². The molecule has 36 heavy (non-hydrogen) atoms. The van der Waals surface area contributed by atoms with Crippen LogP contribution in [-0.4, -0.2) is 18.0 Å². The van der Waals surface area contributed by atoms with E-state index in [9.17, 15) is 9.59 Å². The van der Waals surface area contributed by atoms with Crippen LogP contribution in [0.1, 0.15) is 33.3 Å². The van der Waals surface area contributed by atoms with Gasteiger partial charge in [0.15, 0.2) is 22.1 Å². The largest absolute Gasteiger partial charge is 0.493 e. The van der Waals surface area contributed by atoms with Crippen molar-refractivity contribution in [1.29, 1.82) is 0 Å². The van der Waals surface area contributed by atoms with Crippen LogP contribution in [0.3, 0.4) is 0 Å². The molecule has 7 nitrogen and oxygen atoms in total. The molecule has 0 saturated carbocycles. The number of hydrogen-bond donors (Lipinski definition) is 0. The predicted molar refractivity (Wildman–Crippen MR) is 137 cm³/mol. The van der Waals surface area contributed by atoms with Gasteiger partial charge in [-0.15, -0.1) is 11.3 Å². The molecule has 6 rings (SSSR count). The van der Waals surface area contributed by atoms with Crippen LogP contribution in [0.2, 0.25) is 0 Å². The number of ether oxygens (including phenoxy) is 2. The lowest BCUT2D eigenvalue weighted by Gasteiger charge is -2.23. The number of thiazole rings is 1. The standard InChI is InChI=1S/C28H20N2O5S/c1-33-22-15-18(11-12-21(22)34-16-17-7-3-2-4-8-17)24-23-25(31)19-9-5-6-10-20(19)35-26(23)27(32)30(24)28-29-13-14-36-28/h2-15,24H,16H2,1H3/t24-/m1/s1. The lowest BCUT2D eigenvalue weighted by atomic mass is 9.98. The number of hydrogen-bond acceptors (Lipinski definition) is 7. The van der Waals surface area contributed by atoms with Crippen LogP contribution in [0.5, 0.6) is 11.5 Å².